The van der Waals surface area contributed by atoms with E-state index in [1.54, 1.807) is 24.3 Å². The van der Waals surface area contributed by atoms with Crippen molar-refractivity contribution in [3.05, 3.63) is 53.5 Å². The summed E-state index contributed by atoms with van der Waals surface area (Å²) < 4.78 is 0. The number of carboxylic acids is 1. The zero-order valence-electron chi connectivity index (χ0n) is 11.1. The summed E-state index contributed by atoms with van der Waals surface area (Å²) in [5, 5.41) is 11.8. The van der Waals surface area contributed by atoms with Gasteiger partial charge in [0.1, 0.15) is 0 Å². The quantitative estimate of drug-likeness (QED) is 0.727. The van der Waals surface area contributed by atoms with Crippen LogP contribution in [-0.4, -0.2) is 33.5 Å². The van der Waals surface area contributed by atoms with E-state index in [9.17, 15) is 9.59 Å². The van der Waals surface area contributed by atoms with Gasteiger partial charge in [-0.15, -0.1) is 0 Å². The number of hydrogen-bond donors (Lipinski definition) is 3. The van der Waals surface area contributed by atoms with Crippen LogP contribution in [0.4, 0.5) is 5.82 Å². The van der Waals surface area contributed by atoms with Gasteiger partial charge in [-0.3, -0.25) is 4.79 Å². The number of nitrogens with two attached hydrogens (primary N) is 1. The number of carboxylic acid groups (broad SMARTS) is 1. The molecule has 0 bridgehead atoms. The molecule has 0 aliphatic carbocycles. The van der Waals surface area contributed by atoms with Gasteiger partial charge in [-0.25, -0.2) is 14.8 Å². The lowest BCUT2D eigenvalue weighted by atomic mass is 10.1. The Kier molecular flexibility index (Phi) is 4.45. The molecule has 0 saturated heterocycles. The van der Waals surface area contributed by atoms with Crippen LogP contribution >= 0.6 is 0 Å². The number of hydrogen-bond acceptors (Lipinski definition) is 5. The van der Waals surface area contributed by atoms with Crippen molar-refractivity contribution in [1.29, 1.82) is 0 Å². The number of carbonyl (C=O) groups excluding carboxylic acids is 1. The van der Waals surface area contributed by atoms with Gasteiger partial charge >= 0.3 is 5.97 Å². The van der Waals surface area contributed by atoms with Gasteiger partial charge < -0.3 is 16.2 Å². The average molecular weight is 286 g/mol. The van der Waals surface area contributed by atoms with Crippen molar-refractivity contribution in [2.75, 3.05) is 11.9 Å². The first-order valence-corrected chi connectivity index (χ1v) is 6.25. The van der Waals surface area contributed by atoms with Crippen LogP contribution in [0.3, 0.4) is 0 Å². The Morgan fingerprint density at radius 1 is 1.14 bits per heavy atom. The minimum atomic E-state index is -0.953. The molecule has 0 saturated carbocycles. The molecule has 0 fully saturated rings. The van der Waals surface area contributed by atoms with Gasteiger partial charge in [0.15, 0.2) is 11.5 Å². The number of primary amides is 1. The first-order valence-electron chi connectivity index (χ1n) is 6.25. The van der Waals surface area contributed by atoms with Crippen LogP contribution in [-0.2, 0) is 6.42 Å². The van der Waals surface area contributed by atoms with Crippen LogP contribution < -0.4 is 11.1 Å². The number of nitrogens with one attached hydrogen (secondary N) is 1. The highest BCUT2D eigenvalue weighted by atomic mass is 16.4. The Balaban J connectivity index is 1.95. The molecule has 0 aliphatic heterocycles. The number of amides is 1. The maximum Gasteiger partial charge on any atom is 0.335 e. The molecule has 7 heteroatoms. The van der Waals surface area contributed by atoms with Crippen LogP contribution in [0.15, 0.2) is 36.7 Å². The van der Waals surface area contributed by atoms with E-state index in [-0.39, 0.29) is 11.3 Å². The highest BCUT2D eigenvalue weighted by molar-refractivity contribution is 5.95. The zero-order valence-corrected chi connectivity index (χ0v) is 11.1. The molecule has 1 aromatic heterocycles. The van der Waals surface area contributed by atoms with E-state index in [0.717, 1.165) is 5.56 Å². The third kappa shape index (κ3) is 3.75. The van der Waals surface area contributed by atoms with E-state index in [1.165, 1.54) is 12.4 Å². The predicted molar refractivity (Wildman–Crippen MR) is 76.1 cm³/mol. The molecule has 1 heterocycles. The molecule has 2 aromatic rings. The van der Waals surface area contributed by atoms with Crippen LogP contribution in [0.2, 0.25) is 0 Å². The van der Waals surface area contributed by atoms with Gasteiger partial charge in [-0.2, -0.15) is 0 Å². The maximum absolute atomic E-state index is 11.2. The Morgan fingerprint density at radius 2 is 1.81 bits per heavy atom. The summed E-state index contributed by atoms with van der Waals surface area (Å²) in [6, 6.07) is 6.59. The normalized spacial score (nSPS) is 10.1. The van der Waals surface area contributed by atoms with Gasteiger partial charge in [-0.1, -0.05) is 12.1 Å². The van der Waals surface area contributed by atoms with Crippen molar-refractivity contribution in [2.24, 2.45) is 5.73 Å². The van der Waals surface area contributed by atoms with Gasteiger partial charge in [0.25, 0.3) is 5.91 Å². The van der Waals surface area contributed by atoms with Crippen molar-refractivity contribution in [3.8, 4) is 0 Å². The fourth-order valence-electron chi connectivity index (χ4n) is 1.79. The van der Waals surface area contributed by atoms with Crippen LogP contribution in [0.25, 0.3) is 0 Å². The number of benzene rings is 1. The third-order valence-electron chi connectivity index (χ3n) is 2.84. The van der Waals surface area contributed by atoms with Crippen LogP contribution in [0.5, 0.6) is 0 Å². The Labute approximate surface area is 120 Å². The van der Waals surface area contributed by atoms with E-state index in [1.807, 2.05) is 0 Å². The smallest absolute Gasteiger partial charge is 0.335 e. The molecule has 7 nitrogen and oxygen atoms in total. The molecular weight excluding hydrogens is 272 g/mol. The molecule has 1 aromatic carbocycles. The molecule has 108 valence electrons. The molecule has 4 N–H and O–H groups in total. The SMILES string of the molecule is NC(=O)c1nccnc1NCCc1ccc(C(=O)O)cc1. The number of nitrogens with zero attached hydrogens (tertiary/aromatic N) is 2. The fraction of sp³-hybridized carbons (Fsp3) is 0.143. The van der Waals surface area contributed by atoms with Crippen LogP contribution in [0.1, 0.15) is 26.4 Å². The molecule has 0 atom stereocenters. The number of aromatic nitrogens is 2. The van der Waals surface area contributed by atoms with E-state index in [0.29, 0.717) is 18.8 Å². The summed E-state index contributed by atoms with van der Waals surface area (Å²) in [5.74, 6) is -1.26. The summed E-state index contributed by atoms with van der Waals surface area (Å²) in [6.07, 6.45) is 3.51. The summed E-state index contributed by atoms with van der Waals surface area (Å²) >= 11 is 0. The molecule has 0 unspecified atom stereocenters. The fourth-order valence-corrected chi connectivity index (χ4v) is 1.79. The first kappa shape index (κ1) is 14.4. The predicted octanol–water partition coefficient (Wildman–Crippen LogP) is 0.928. The van der Waals surface area contributed by atoms with Crippen molar-refractivity contribution in [1.82, 2.24) is 9.97 Å². The van der Waals surface area contributed by atoms with E-state index < -0.39 is 11.9 Å². The van der Waals surface area contributed by atoms with Crippen molar-refractivity contribution in [3.63, 3.8) is 0 Å². The minimum Gasteiger partial charge on any atom is -0.478 e. The lowest BCUT2D eigenvalue weighted by Crippen LogP contribution is -2.18. The topological polar surface area (TPSA) is 118 Å². The van der Waals surface area contributed by atoms with Gasteiger partial charge in [0.05, 0.1) is 5.56 Å². The highest BCUT2D eigenvalue weighted by Crippen LogP contribution is 2.09. The molecule has 1 amide bonds. The van der Waals surface area contributed by atoms with E-state index in [2.05, 4.69) is 15.3 Å². The number of anilines is 1. The monoisotopic (exact) mass is 286 g/mol. The van der Waals surface area contributed by atoms with Crippen molar-refractivity contribution < 1.29 is 14.7 Å². The number of rotatable bonds is 6. The summed E-state index contributed by atoms with van der Waals surface area (Å²) in [7, 11) is 0. The summed E-state index contributed by atoms with van der Waals surface area (Å²) in [4.78, 5) is 29.8. The third-order valence-corrected chi connectivity index (χ3v) is 2.84. The Hall–Kier alpha value is -2.96. The second kappa shape index (κ2) is 6.47. The maximum atomic E-state index is 11.2. The zero-order chi connectivity index (χ0) is 15.2. The molecule has 0 spiro atoms. The second-order valence-electron chi connectivity index (χ2n) is 4.30. The molecule has 0 radical (unpaired) electrons. The molecule has 0 aliphatic rings. The average Bonchev–Trinajstić information content (AvgIpc) is 2.48. The standard InChI is InChI=1S/C14H14N4O3/c15-12(19)11-13(18-8-7-16-11)17-6-5-9-1-3-10(4-2-9)14(20)21/h1-4,7-8H,5-6H2,(H2,15,19)(H,17,18)(H,20,21). The lowest BCUT2D eigenvalue weighted by Gasteiger charge is -2.08. The largest absolute Gasteiger partial charge is 0.478 e. The van der Waals surface area contributed by atoms with E-state index >= 15 is 0 Å². The van der Waals surface area contributed by atoms with Crippen LogP contribution in [0, 0.1) is 0 Å². The summed E-state index contributed by atoms with van der Waals surface area (Å²) in [6.45, 7) is 0.519. The lowest BCUT2D eigenvalue weighted by molar-refractivity contribution is 0.0696. The van der Waals surface area contributed by atoms with Gasteiger partial charge in [0, 0.05) is 18.9 Å². The first-order chi connectivity index (χ1) is 10.1. The van der Waals surface area contributed by atoms with E-state index in [4.69, 9.17) is 10.8 Å². The Morgan fingerprint density at radius 3 is 2.43 bits per heavy atom. The van der Waals surface area contributed by atoms with Gasteiger partial charge in [-0.05, 0) is 24.1 Å². The van der Waals surface area contributed by atoms with Crippen molar-refractivity contribution in [2.45, 2.75) is 6.42 Å². The molecular formula is C14H14N4O3. The van der Waals surface area contributed by atoms with Gasteiger partial charge in [0.2, 0.25) is 0 Å². The number of aromatic carboxylic acids is 1. The Bertz CT molecular complexity index is 656. The summed E-state index contributed by atoms with van der Waals surface area (Å²) in [5.41, 5.74) is 6.52. The minimum absolute atomic E-state index is 0.0960. The highest BCUT2D eigenvalue weighted by Gasteiger charge is 2.09. The molecule has 2 rings (SSSR count). The number of carbonyl (C=O) groups is 2. The second-order valence-corrected chi connectivity index (χ2v) is 4.30. The van der Waals surface area contributed by atoms with Crippen molar-refractivity contribution >= 4 is 17.7 Å². The molecule has 21 heavy (non-hydrogen) atoms.